The van der Waals surface area contributed by atoms with E-state index in [0.717, 1.165) is 0 Å². The second kappa shape index (κ2) is 49.6. The highest BCUT2D eigenvalue weighted by Gasteiger charge is 1.87. The summed E-state index contributed by atoms with van der Waals surface area (Å²) in [5, 5.41) is 0. The van der Waals surface area contributed by atoms with E-state index in [0.29, 0.717) is 0 Å². The smallest absolute Gasteiger partial charge is 0.0922 e. The van der Waals surface area contributed by atoms with Gasteiger partial charge in [0, 0.05) is 0 Å². The van der Waals surface area contributed by atoms with Crippen molar-refractivity contribution < 1.29 is 0 Å². The first kappa shape index (κ1) is 50.6. The van der Waals surface area contributed by atoms with Crippen molar-refractivity contribution in [3.05, 3.63) is 144 Å². The summed E-state index contributed by atoms with van der Waals surface area (Å²) in [6, 6.07) is 41.4. The van der Waals surface area contributed by atoms with Crippen LogP contribution >= 0.6 is 0 Å². The zero-order valence-electron chi connectivity index (χ0n) is 31.7. The Balaban J connectivity index is -0.000000137. The summed E-state index contributed by atoms with van der Waals surface area (Å²) in [4.78, 5) is 0. The Morgan fingerprint density at radius 3 is 0.773 bits per heavy atom. The molecule has 0 fully saturated rings. The number of hydrogen-bond donors (Lipinski definition) is 0. The van der Waals surface area contributed by atoms with Crippen LogP contribution in [0.2, 0.25) is 13.6 Å². The summed E-state index contributed by atoms with van der Waals surface area (Å²) in [6.45, 7) is 29.0. The average Bonchev–Trinajstić information content (AvgIpc) is 3.06. The predicted octanol–water partition coefficient (Wildman–Crippen LogP) is 14.7. The Labute approximate surface area is 279 Å². The lowest BCUT2D eigenvalue weighted by Gasteiger charge is -1.96. The van der Waals surface area contributed by atoms with E-state index < -0.39 is 0 Å². The van der Waals surface area contributed by atoms with Crippen LogP contribution in [0.25, 0.3) is 0 Å². The van der Waals surface area contributed by atoms with Crippen LogP contribution in [0.1, 0.15) is 110 Å². The zero-order valence-corrected chi connectivity index (χ0v) is 31.7. The molecular formula is C43H72B. The van der Waals surface area contributed by atoms with Gasteiger partial charge in [0.05, 0.1) is 0 Å². The van der Waals surface area contributed by atoms with Crippen molar-refractivity contribution in [2.45, 2.75) is 129 Å². The summed E-state index contributed by atoms with van der Waals surface area (Å²) in [6.07, 6.45) is 6.33. The molecule has 247 valence electrons. The maximum atomic E-state index is 2.23. The van der Waals surface area contributed by atoms with Crippen molar-refractivity contribution in [2.24, 2.45) is 0 Å². The molecule has 0 heterocycles. The maximum absolute atomic E-state index is 2.23. The molecule has 0 aromatic heterocycles. The Hall–Kier alpha value is -3.06. The molecule has 0 aliphatic carbocycles. The molecule has 0 saturated heterocycles. The molecule has 0 aliphatic rings. The Morgan fingerprint density at radius 1 is 0.409 bits per heavy atom. The fraction of sp³-hybridized carbons (Fsp3) is 0.442. The molecule has 4 aromatic rings. The molecule has 4 rings (SSSR count). The van der Waals surface area contributed by atoms with Crippen molar-refractivity contribution in [2.75, 3.05) is 0 Å². The first-order chi connectivity index (χ1) is 21.4. The van der Waals surface area contributed by atoms with Gasteiger partial charge in [-0.1, -0.05) is 233 Å². The van der Waals surface area contributed by atoms with Crippen LogP contribution in [-0.4, -0.2) is 7.28 Å². The molecule has 0 bridgehead atoms. The molecule has 0 unspecified atom stereocenters. The normalized spacial score (nSPS) is 7.77. The van der Waals surface area contributed by atoms with Crippen LogP contribution in [0.15, 0.2) is 121 Å². The largest absolute Gasteiger partial charge is 0.102 e. The van der Waals surface area contributed by atoms with Gasteiger partial charge in [0.1, 0.15) is 7.28 Å². The van der Waals surface area contributed by atoms with Gasteiger partial charge >= 0.3 is 0 Å². The van der Waals surface area contributed by atoms with Gasteiger partial charge < -0.3 is 0 Å². The van der Waals surface area contributed by atoms with E-state index in [1.807, 2.05) is 103 Å². The van der Waals surface area contributed by atoms with E-state index in [-0.39, 0.29) is 0 Å². The van der Waals surface area contributed by atoms with E-state index >= 15 is 0 Å². The number of unbranched alkanes of at least 4 members (excludes halogenated alkanes) is 1. The number of hydrogen-bond acceptors (Lipinski definition) is 0. The quantitative estimate of drug-likeness (QED) is 0.206. The predicted molar refractivity (Wildman–Crippen MR) is 211 cm³/mol. The second-order valence-electron chi connectivity index (χ2n) is 9.54. The van der Waals surface area contributed by atoms with Crippen molar-refractivity contribution in [1.82, 2.24) is 0 Å². The highest BCUT2D eigenvalue weighted by Crippen LogP contribution is 2.03. The minimum absolute atomic E-state index is 1.23. The summed E-state index contributed by atoms with van der Waals surface area (Å²) in [5.74, 6) is 0. The first-order valence-corrected chi connectivity index (χ1v) is 17.2. The van der Waals surface area contributed by atoms with Crippen molar-refractivity contribution in [1.29, 1.82) is 0 Å². The molecule has 1 heteroatoms. The van der Waals surface area contributed by atoms with Crippen LogP contribution in [0.4, 0.5) is 0 Å². The minimum Gasteiger partial charge on any atom is -0.0922 e. The van der Waals surface area contributed by atoms with Crippen molar-refractivity contribution >= 4 is 7.28 Å². The molecule has 4 aromatic carbocycles. The molecule has 0 N–H and O–H groups in total. The summed E-state index contributed by atoms with van der Waals surface area (Å²) >= 11 is 0. The summed E-state index contributed by atoms with van der Waals surface area (Å²) in [7, 11) is 2.00. The van der Waals surface area contributed by atoms with Crippen molar-refractivity contribution in [3.8, 4) is 0 Å². The van der Waals surface area contributed by atoms with Gasteiger partial charge in [-0.2, -0.15) is 0 Å². The Kier molecular flexibility index (Phi) is 57.0. The monoisotopic (exact) mass is 600 g/mol. The molecular weight excluding hydrogens is 527 g/mol. The molecule has 0 spiro atoms. The van der Waals surface area contributed by atoms with E-state index in [4.69, 9.17) is 0 Å². The fourth-order valence-corrected chi connectivity index (χ4v) is 2.63. The van der Waals surface area contributed by atoms with Crippen molar-refractivity contribution in [3.63, 3.8) is 0 Å². The van der Waals surface area contributed by atoms with E-state index in [9.17, 15) is 0 Å². The highest BCUT2D eigenvalue weighted by atomic mass is 13.9. The number of benzene rings is 4. The molecule has 44 heavy (non-hydrogen) atoms. The van der Waals surface area contributed by atoms with E-state index in [1.165, 1.54) is 54.4 Å². The number of rotatable bonds is 3. The molecule has 0 saturated carbocycles. The first-order valence-electron chi connectivity index (χ1n) is 17.2. The van der Waals surface area contributed by atoms with Gasteiger partial charge in [0.15, 0.2) is 0 Å². The maximum Gasteiger partial charge on any atom is 0.102 e. The lowest BCUT2D eigenvalue weighted by atomic mass is 9.88. The minimum atomic E-state index is 1.23. The van der Waals surface area contributed by atoms with E-state index in [2.05, 4.69) is 122 Å². The highest BCUT2D eigenvalue weighted by molar-refractivity contribution is 6.31. The summed E-state index contributed by atoms with van der Waals surface area (Å²) in [5.41, 5.74) is 5.43. The van der Waals surface area contributed by atoms with E-state index in [1.54, 1.807) is 0 Å². The van der Waals surface area contributed by atoms with Crippen LogP contribution in [0.5, 0.6) is 0 Å². The molecule has 0 aliphatic heterocycles. The SMILES string of the molecule is CC.CC.CCC.CCC.CCCCc1ccccc1.C[B]C.Cc1ccccc1.Cc1ccccc1.Cc1ccccc1. The molecule has 0 atom stereocenters. The Bertz CT molecular complexity index is 826. The third-order valence-electron chi connectivity index (χ3n) is 4.48. The zero-order chi connectivity index (χ0) is 34.7. The van der Waals surface area contributed by atoms with Crippen LogP contribution in [0, 0.1) is 20.8 Å². The average molecular weight is 600 g/mol. The van der Waals surface area contributed by atoms with Crippen LogP contribution in [-0.2, 0) is 6.42 Å². The fourth-order valence-electron chi connectivity index (χ4n) is 2.63. The number of aryl methyl sites for hydroxylation is 4. The Morgan fingerprint density at radius 2 is 0.614 bits per heavy atom. The lowest BCUT2D eigenvalue weighted by Crippen LogP contribution is -1.81. The lowest BCUT2D eigenvalue weighted by molar-refractivity contribution is 0.795. The molecule has 1 radical (unpaired) electrons. The van der Waals surface area contributed by atoms with Crippen LogP contribution in [0.3, 0.4) is 0 Å². The van der Waals surface area contributed by atoms with Gasteiger partial charge in [-0.05, 0) is 39.2 Å². The van der Waals surface area contributed by atoms with Gasteiger partial charge in [0.2, 0.25) is 0 Å². The third kappa shape index (κ3) is 51.7. The van der Waals surface area contributed by atoms with Crippen LogP contribution < -0.4 is 0 Å². The van der Waals surface area contributed by atoms with Gasteiger partial charge in [-0.25, -0.2) is 0 Å². The second-order valence-corrected chi connectivity index (χ2v) is 9.54. The van der Waals surface area contributed by atoms with Gasteiger partial charge in [0.25, 0.3) is 0 Å². The standard InChI is InChI=1S/C10H14.3C7H8.2C3H8.C2H6B.2C2H6/c1-2-3-7-10-8-5-4-6-9-10;3*1-7-5-3-2-4-6-7;3*1-3-2;2*1-2/h4-6,8-9H,2-3,7H2,1H3;3*2-6H,1H3;2*3H2,1-2H3;1-2H3;2*1-2H3. The topological polar surface area (TPSA) is 0 Å². The van der Waals surface area contributed by atoms with Gasteiger partial charge in [-0.3, -0.25) is 0 Å². The third-order valence-corrected chi connectivity index (χ3v) is 4.48. The molecule has 0 nitrogen and oxygen atoms in total. The van der Waals surface area contributed by atoms with Gasteiger partial charge in [-0.15, -0.1) is 0 Å². The molecule has 0 amide bonds. The summed E-state index contributed by atoms with van der Waals surface area (Å²) < 4.78 is 0.